The van der Waals surface area contributed by atoms with Crippen molar-refractivity contribution in [2.45, 2.75) is 27.2 Å². The zero-order valence-corrected chi connectivity index (χ0v) is 12.4. The third-order valence-electron chi connectivity index (χ3n) is 2.30. The predicted octanol–water partition coefficient (Wildman–Crippen LogP) is 2.05. The highest BCUT2D eigenvalue weighted by molar-refractivity contribution is 7.15. The zero-order chi connectivity index (χ0) is 14.0. The number of amides is 1. The van der Waals surface area contributed by atoms with E-state index in [9.17, 15) is 9.59 Å². The molecule has 6 nitrogen and oxygen atoms in total. The molecule has 19 heavy (non-hydrogen) atoms. The molecule has 0 spiro atoms. The third kappa shape index (κ3) is 3.48. The second-order valence-corrected chi connectivity index (χ2v) is 6.57. The van der Waals surface area contributed by atoms with E-state index in [1.807, 2.05) is 0 Å². The van der Waals surface area contributed by atoms with E-state index in [2.05, 4.69) is 34.3 Å². The van der Waals surface area contributed by atoms with E-state index < -0.39 is 0 Å². The lowest BCUT2D eigenvalue weighted by Crippen LogP contribution is -2.11. The van der Waals surface area contributed by atoms with Gasteiger partial charge in [-0.25, -0.2) is 0 Å². The van der Waals surface area contributed by atoms with Crippen molar-refractivity contribution in [3.63, 3.8) is 0 Å². The molecule has 2 rings (SSSR count). The molecule has 2 heterocycles. The standard InChI is InChI=1S/C11H14N4O2S2/c1-5(2)4-7-14-15-10(18-7)13-9(16)8-6(3)12-11(17)19-8/h5H,4H2,1-3H3,(H,12,17)(H,13,15,16). The quantitative estimate of drug-likeness (QED) is 0.904. The van der Waals surface area contributed by atoms with Crippen LogP contribution in [0.3, 0.4) is 0 Å². The number of nitrogens with zero attached hydrogens (tertiary/aromatic N) is 2. The summed E-state index contributed by atoms with van der Waals surface area (Å²) in [5, 5.41) is 12.0. The second kappa shape index (κ2) is 5.62. The van der Waals surface area contributed by atoms with Crippen LogP contribution < -0.4 is 10.2 Å². The summed E-state index contributed by atoms with van der Waals surface area (Å²) in [5.41, 5.74) is 0.569. The summed E-state index contributed by atoms with van der Waals surface area (Å²) in [6.45, 7) is 5.89. The molecule has 8 heteroatoms. The molecule has 0 radical (unpaired) electrons. The van der Waals surface area contributed by atoms with E-state index in [4.69, 9.17) is 0 Å². The summed E-state index contributed by atoms with van der Waals surface area (Å²) in [7, 11) is 0. The summed E-state index contributed by atoms with van der Waals surface area (Å²) in [5.74, 6) is 0.168. The molecule has 2 aromatic rings. The summed E-state index contributed by atoms with van der Waals surface area (Å²) in [6, 6.07) is 0. The van der Waals surface area contributed by atoms with Gasteiger partial charge in [-0.2, -0.15) is 0 Å². The summed E-state index contributed by atoms with van der Waals surface area (Å²) in [4.78, 5) is 25.8. The van der Waals surface area contributed by atoms with Gasteiger partial charge < -0.3 is 4.98 Å². The van der Waals surface area contributed by atoms with Crippen LogP contribution >= 0.6 is 22.7 Å². The van der Waals surface area contributed by atoms with Crippen LogP contribution in [0.5, 0.6) is 0 Å². The van der Waals surface area contributed by atoms with Crippen LogP contribution in [0.25, 0.3) is 0 Å². The number of aryl methyl sites for hydroxylation is 1. The number of rotatable bonds is 4. The lowest BCUT2D eigenvalue weighted by Gasteiger charge is -1.99. The van der Waals surface area contributed by atoms with Gasteiger partial charge in [-0.15, -0.1) is 10.2 Å². The van der Waals surface area contributed by atoms with Crippen LogP contribution in [0.4, 0.5) is 5.13 Å². The normalized spacial score (nSPS) is 10.9. The first-order valence-electron chi connectivity index (χ1n) is 5.79. The van der Waals surface area contributed by atoms with Crippen LogP contribution in [0.15, 0.2) is 4.79 Å². The van der Waals surface area contributed by atoms with Crippen LogP contribution in [-0.4, -0.2) is 21.1 Å². The minimum Gasteiger partial charge on any atom is -0.316 e. The Hall–Kier alpha value is -1.54. The number of nitrogens with one attached hydrogen (secondary N) is 2. The van der Waals surface area contributed by atoms with Crippen LogP contribution in [-0.2, 0) is 6.42 Å². The molecule has 102 valence electrons. The highest BCUT2D eigenvalue weighted by Gasteiger charge is 2.15. The van der Waals surface area contributed by atoms with Crippen molar-refractivity contribution in [3.05, 3.63) is 25.2 Å². The number of hydrogen-bond acceptors (Lipinski definition) is 6. The number of aromatic amines is 1. The second-order valence-electron chi connectivity index (χ2n) is 4.52. The minimum atomic E-state index is -0.326. The number of thiazole rings is 1. The van der Waals surface area contributed by atoms with Crippen molar-refractivity contribution >= 4 is 33.7 Å². The minimum absolute atomic E-state index is 0.236. The molecule has 0 aliphatic carbocycles. The van der Waals surface area contributed by atoms with Crippen molar-refractivity contribution in [3.8, 4) is 0 Å². The molecule has 1 amide bonds. The first-order chi connectivity index (χ1) is 8.95. The molecule has 0 aliphatic heterocycles. The third-order valence-corrected chi connectivity index (χ3v) is 4.15. The molecule has 0 bridgehead atoms. The largest absolute Gasteiger partial charge is 0.316 e. The fraction of sp³-hybridized carbons (Fsp3) is 0.455. The van der Waals surface area contributed by atoms with Crippen molar-refractivity contribution in [1.29, 1.82) is 0 Å². The van der Waals surface area contributed by atoms with Crippen molar-refractivity contribution < 1.29 is 4.79 Å². The van der Waals surface area contributed by atoms with Gasteiger partial charge in [0.05, 0.1) is 0 Å². The molecule has 0 atom stereocenters. The van der Waals surface area contributed by atoms with E-state index in [0.29, 0.717) is 21.6 Å². The molecule has 0 unspecified atom stereocenters. The van der Waals surface area contributed by atoms with E-state index in [0.717, 1.165) is 22.8 Å². The fourth-order valence-electron chi connectivity index (χ4n) is 1.51. The van der Waals surface area contributed by atoms with Gasteiger partial charge in [-0.05, 0) is 12.8 Å². The molecular weight excluding hydrogens is 284 g/mol. The van der Waals surface area contributed by atoms with E-state index >= 15 is 0 Å². The molecule has 2 aromatic heterocycles. The smallest absolute Gasteiger partial charge is 0.305 e. The number of carbonyl (C=O) groups excluding carboxylic acids is 1. The van der Waals surface area contributed by atoms with Gasteiger partial charge in [0.1, 0.15) is 9.88 Å². The van der Waals surface area contributed by atoms with Gasteiger partial charge >= 0.3 is 4.87 Å². The number of H-pyrrole nitrogens is 1. The van der Waals surface area contributed by atoms with Crippen LogP contribution in [0.1, 0.15) is 34.2 Å². The maximum absolute atomic E-state index is 12.0. The van der Waals surface area contributed by atoms with E-state index in [-0.39, 0.29) is 10.8 Å². The van der Waals surface area contributed by atoms with Gasteiger partial charge in [-0.3, -0.25) is 14.9 Å². The maximum Gasteiger partial charge on any atom is 0.305 e. The molecule has 0 fully saturated rings. The zero-order valence-electron chi connectivity index (χ0n) is 10.8. The molecule has 0 saturated carbocycles. The Bertz CT molecular complexity index is 641. The summed E-state index contributed by atoms with van der Waals surface area (Å²) in [6.07, 6.45) is 0.837. The van der Waals surface area contributed by atoms with Gasteiger partial charge in [-0.1, -0.05) is 36.5 Å². The first-order valence-corrected chi connectivity index (χ1v) is 7.42. The average Bonchev–Trinajstić information content (AvgIpc) is 2.84. The lowest BCUT2D eigenvalue weighted by molar-refractivity contribution is 0.102. The van der Waals surface area contributed by atoms with Gasteiger partial charge in [0, 0.05) is 12.1 Å². The monoisotopic (exact) mass is 298 g/mol. The first kappa shape index (κ1) is 13.9. The van der Waals surface area contributed by atoms with Crippen LogP contribution in [0, 0.1) is 12.8 Å². The Morgan fingerprint density at radius 2 is 2.11 bits per heavy atom. The Labute approximate surface area is 117 Å². The average molecular weight is 298 g/mol. The van der Waals surface area contributed by atoms with Crippen molar-refractivity contribution in [2.75, 3.05) is 5.32 Å². The highest BCUT2D eigenvalue weighted by atomic mass is 32.1. The Morgan fingerprint density at radius 3 is 2.68 bits per heavy atom. The Kier molecular flexibility index (Phi) is 4.11. The molecule has 2 N–H and O–H groups in total. The topological polar surface area (TPSA) is 87.7 Å². The summed E-state index contributed by atoms with van der Waals surface area (Å²) >= 11 is 2.25. The maximum atomic E-state index is 12.0. The lowest BCUT2D eigenvalue weighted by atomic mass is 10.1. The van der Waals surface area contributed by atoms with Crippen molar-refractivity contribution in [1.82, 2.24) is 15.2 Å². The number of carbonyl (C=O) groups is 1. The Balaban J connectivity index is 2.09. The predicted molar refractivity (Wildman–Crippen MR) is 76.1 cm³/mol. The van der Waals surface area contributed by atoms with Gasteiger partial charge in [0.2, 0.25) is 5.13 Å². The number of anilines is 1. The van der Waals surface area contributed by atoms with Gasteiger partial charge in [0.15, 0.2) is 0 Å². The highest BCUT2D eigenvalue weighted by Crippen LogP contribution is 2.19. The SMILES string of the molecule is Cc1[nH]c(=O)sc1C(=O)Nc1nnc(CC(C)C)s1. The molecule has 0 aromatic carbocycles. The van der Waals surface area contributed by atoms with Crippen LogP contribution in [0.2, 0.25) is 0 Å². The Morgan fingerprint density at radius 1 is 1.37 bits per heavy atom. The van der Waals surface area contributed by atoms with Crippen molar-refractivity contribution in [2.24, 2.45) is 5.92 Å². The number of aromatic nitrogens is 3. The molecule has 0 saturated heterocycles. The van der Waals surface area contributed by atoms with E-state index in [1.165, 1.54) is 11.3 Å². The number of hydrogen-bond donors (Lipinski definition) is 2. The summed E-state index contributed by atoms with van der Waals surface area (Å²) < 4.78 is 0. The molecule has 0 aliphatic rings. The van der Waals surface area contributed by atoms with Gasteiger partial charge in [0.25, 0.3) is 5.91 Å². The fourth-order valence-corrected chi connectivity index (χ4v) is 3.20. The van der Waals surface area contributed by atoms with E-state index in [1.54, 1.807) is 6.92 Å². The molecular formula is C11H14N4O2S2.